The first-order chi connectivity index (χ1) is 9.31. The molecule has 19 heavy (non-hydrogen) atoms. The Hall–Kier alpha value is -1.11. The first-order valence-corrected chi connectivity index (χ1v) is 7.53. The summed E-state index contributed by atoms with van der Waals surface area (Å²) in [6.07, 6.45) is 4.68. The quantitative estimate of drug-likeness (QED) is 0.880. The van der Waals surface area contributed by atoms with Crippen molar-refractivity contribution in [3.63, 3.8) is 0 Å². The Kier molecular flexibility index (Phi) is 3.72. The molecular weight excluding hydrogens is 262 g/mol. The van der Waals surface area contributed by atoms with Gasteiger partial charge in [-0.3, -0.25) is 4.40 Å². The number of imidazole rings is 1. The number of ether oxygens (including phenoxy) is 2. The second kappa shape index (κ2) is 5.48. The number of nitrogens with zero attached hydrogens (tertiary/aromatic N) is 2. The Labute approximate surface area is 116 Å². The molecule has 104 valence electrons. The highest BCUT2D eigenvalue weighted by atomic mass is 32.1. The van der Waals surface area contributed by atoms with Gasteiger partial charge in [0.15, 0.2) is 4.96 Å². The van der Waals surface area contributed by atoms with Crippen molar-refractivity contribution in [1.82, 2.24) is 14.7 Å². The summed E-state index contributed by atoms with van der Waals surface area (Å²) in [6.45, 7) is 3.64. The molecule has 0 atom stereocenters. The molecule has 0 aliphatic heterocycles. The molecule has 6 heteroatoms. The lowest BCUT2D eigenvalue weighted by atomic mass is 9.89. The van der Waals surface area contributed by atoms with Crippen LogP contribution in [0.2, 0.25) is 0 Å². The number of rotatable bonds is 6. The fourth-order valence-electron chi connectivity index (χ4n) is 2.48. The third-order valence-corrected chi connectivity index (χ3v) is 4.33. The van der Waals surface area contributed by atoms with Crippen molar-refractivity contribution in [2.75, 3.05) is 13.7 Å². The Morgan fingerprint density at radius 1 is 1.53 bits per heavy atom. The maximum atomic E-state index is 5.57. The molecule has 1 aliphatic carbocycles. The van der Waals surface area contributed by atoms with Crippen molar-refractivity contribution in [2.45, 2.75) is 38.5 Å². The highest BCUT2D eigenvalue weighted by Crippen LogP contribution is 2.26. The van der Waals surface area contributed by atoms with Crippen LogP contribution in [0.4, 0.5) is 0 Å². The summed E-state index contributed by atoms with van der Waals surface area (Å²) in [5.74, 6) is 0.722. The third kappa shape index (κ3) is 2.48. The summed E-state index contributed by atoms with van der Waals surface area (Å²) in [4.78, 5) is 5.43. The van der Waals surface area contributed by atoms with Crippen LogP contribution in [0.3, 0.4) is 0 Å². The Morgan fingerprint density at radius 2 is 2.37 bits per heavy atom. The standard InChI is InChI=1S/C13H19N3O2S/c1-3-18-10-6-9(7-10)14-8-11-12(17-2)15-13-16(11)4-5-19-13/h4-5,9-10,14H,3,6-8H2,1-2H3. The molecule has 1 N–H and O–H groups in total. The Bertz CT molecular complexity index is 545. The Morgan fingerprint density at radius 3 is 3.11 bits per heavy atom. The van der Waals surface area contributed by atoms with Crippen LogP contribution in [0.5, 0.6) is 5.88 Å². The highest BCUT2D eigenvalue weighted by Gasteiger charge is 2.29. The first-order valence-electron chi connectivity index (χ1n) is 6.65. The first kappa shape index (κ1) is 12.9. The van der Waals surface area contributed by atoms with Crippen LogP contribution in [-0.2, 0) is 11.3 Å². The second-order valence-electron chi connectivity index (χ2n) is 4.75. The fraction of sp³-hybridized carbons (Fsp3) is 0.615. The number of methoxy groups -OCH3 is 1. The van der Waals surface area contributed by atoms with Crippen molar-refractivity contribution >= 4 is 16.3 Å². The number of hydrogen-bond donors (Lipinski definition) is 1. The molecule has 0 amide bonds. The van der Waals surface area contributed by atoms with Gasteiger partial charge in [0.05, 0.1) is 13.2 Å². The molecule has 0 unspecified atom stereocenters. The molecule has 0 bridgehead atoms. The summed E-state index contributed by atoms with van der Waals surface area (Å²) in [5, 5.41) is 5.59. The van der Waals surface area contributed by atoms with E-state index < -0.39 is 0 Å². The Balaban J connectivity index is 1.61. The van der Waals surface area contributed by atoms with Gasteiger partial charge in [-0.15, -0.1) is 11.3 Å². The maximum absolute atomic E-state index is 5.57. The normalized spacial score (nSPS) is 22.6. The minimum Gasteiger partial charge on any atom is -0.480 e. The van der Waals surface area contributed by atoms with Crippen molar-refractivity contribution in [1.29, 1.82) is 0 Å². The van der Waals surface area contributed by atoms with E-state index in [1.807, 2.05) is 18.5 Å². The molecule has 2 heterocycles. The van der Waals surface area contributed by atoms with E-state index in [1.165, 1.54) is 0 Å². The van der Waals surface area contributed by atoms with E-state index in [2.05, 4.69) is 14.7 Å². The van der Waals surface area contributed by atoms with Gasteiger partial charge >= 0.3 is 0 Å². The number of fused-ring (bicyclic) bond motifs is 1. The fourth-order valence-corrected chi connectivity index (χ4v) is 3.21. The summed E-state index contributed by atoms with van der Waals surface area (Å²) in [5.41, 5.74) is 1.10. The minimum atomic E-state index is 0.441. The molecule has 0 radical (unpaired) electrons. The van der Waals surface area contributed by atoms with Gasteiger partial charge in [0.25, 0.3) is 0 Å². The topological polar surface area (TPSA) is 47.8 Å². The van der Waals surface area contributed by atoms with Gasteiger partial charge in [-0.05, 0) is 19.8 Å². The van der Waals surface area contributed by atoms with Crippen LogP contribution in [-0.4, -0.2) is 35.2 Å². The van der Waals surface area contributed by atoms with Gasteiger partial charge < -0.3 is 14.8 Å². The molecule has 2 aromatic rings. The summed E-state index contributed by atoms with van der Waals surface area (Å²) in [7, 11) is 1.67. The smallest absolute Gasteiger partial charge is 0.237 e. The average Bonchev–Trinajstić information content (AvgIpc) is 2.92. The predicted molar refractivity (Wildman–Crippen MR) is 74.9 cm³/mol. The minimum absolute atomic E-state index is 0.441. The van der Waals surface area contributed by atoms with Gasteiger partial charge in [0, 0.05) is 30.8 Å². The van der Waals surface area contributed by atoms with E-state index in [1.54, 1.807) is 18.4 Å². The summed E-state index contributed by atoms with van der Waals surface area (Å²) < 4.78 is 13.0. The molecular formula is C13H19N3O2S. The van der Waals surface area contributed by atoms with Gasteiger partial charge in [-0.25, -0.2) is 0 Å². The van der Waals surface area contributed by atoms with Crippen LogP contribution in [0.1, 0.15) is 25.5 Å². The predicted octanol–water partition coefficient (Wildman–Crippen LogP) is 2.06. The zero-order valence-corrected chi connectivity index (χ0v) is 12.1. The van der Waals surface area contributed by atoms with Crippen LogP contribution in [0.25, 0.3) is 4.96 Å². The van der Waals surface area contributed by atoms with Crippen LogP contribution in [0.15, 0.2) is 11.6 Å². The highest BCUT2D eigenvalue weighted by molar-refractivity contribution is 7.15. The van der Waals surface area contributed by atoms with E-state index in [9.17, 15) is 0 Å². The molecule has 1 aliphatic rings. The zero-order chi connectivity index (χ0) is 13.2. The molecule has 2 aromatic heterocycles. The number of nitrogens with one attached hydrogen (secondary N) is 1. The lowest BCUT2D eigenvalue weighted by Gasteiger charge is -2.35. The lowest BCUT2D eigenvalue weighted by molar-refractivity contribution is -0.0103. The third-order valence-electron chi connectivity index (χ3n) is 3.57. The largest absolute Gasteiger partial charge is 0.480 e. The van der Waals surface area contributed by atoms with Gasteiger partial charge in [-0.1, -0.05) is 0 Å². The zero-order valence-electron chi connectivity index (χ0n) is 11.3. The van der Waals surface area contributed by atoms with Gasteiger partial charge in [-0.2, -0.15) is 4.98 Å². The monoisotopic (exact) mass is 281 g/mol. The number of hydrogen-bond acceptors (Lipinski definition) is 5. The van der Waals surface area contributed by atoms with Crippen LogP contribution < -0.4 is 10.1 Å². The number of thiazole rings is 1. The van der Waals surface area contributed by atoms with Crippen molar-refractivity contribution in [2.24, 2.45) is 0 Å². The maximum Gasteiger partial charge on any atom is 0.237 e. The summed E-state index contributed by atoms with van der Waals surface area (Å²) >= 11 is 1.62. The van der Waals surface area contributed by atoms with E-state index >= 15 is 0 Å². The van der Waals surface area contributed by atoms with Gasteiger partial charge in [0.1, 0.15) is 5.69 Å². The molecule has 3 rings (SSSR count). The molecule has 5 nitrogen and oxygen atoms in total. The van der Waals surface area contributed by atoms with Crippen LogP contribution in [0, 0.1) is 0 Å². The number of aromatic nitrogens is 2. The van der Waals surface area contributed by atoms with E-state index in [0.717, 1.165) is 42.5 Å². The molecule has 0 aromatic carbocycles. The van der Waals surface area contributed by atoms with E-state index in [4.69, 9.17) is 9.47 Å². The summed E-state index contributed by atoms with van der Waals surface area (Å²) in [6, 6.07) is 0.547. The second-order valence-corrected chi connectivity index (χ2v) is 5.62. The van der Waals surface area contributed by atoms with Crippen molar-refractivity contribution < 1.29 is 9.47 Å². The molecule has 1 fully saturated rings. The SMILES string of the molecule is CCOC1CC(NCc2c(OC)nc3sccn23)C1. The van der Waals surface area contributed by atoms with Crippen molar-refractivity contribution in [3.8, 4) is 5.88 Å². The molecule has 0 spiro atoms. The van der Waals surface area contributed by atoms with E-state index in [0.29, 0.717) is 12.1 Å². The molecule has 0 saturated heterocycles. The van der Waals surface area contributed by atoms with Crippen LogP contribution >= 0.6 is 11.3 Å². The van der Waals surface area contributed by atoms with E-state index in [-0.39, 0.29) is 0 Å². The van der Waals surface area contributed by atoms with Gasteiger partial charge in [0.2, 0.25) is 5.88 Å². The molecule has 1 saturated carbocycles. The average molecular weight is 281 g/mol. The van der Waals surface area contributed by atoms with Crippen molar-refractivity contribution in [3.05, 3.63) is 17.3 Å². The lowest BCUT2D eigenvalue weighted by Crippen LogP contribution is -2.45.